The summed E-state index contributed by atoms with van der Waals surface area (Å²) < 4.78 is 0. The Morgan fingerprint density at radius 1 is 0.696 bits per heavy atom. The summed E-state index contributed by atoms with van der Waals surface area (Å²) in [5.74, 6) is 0. The molecule has 0 atom stereocenters. The normalized spacial score (nSPS) is 14.8. The van der Waals surface area contributed by atoms with E-state index in [4.69, 9.17) is 23.2 Å². The van der Waals surface area contributed by atoms with Crippen LogP contribution in [0.5, 0.6) is 0 Å². The summed E-state index contributed by atoms with van der Waals surface area (Å²) in [6.45, 7) is 19.9. The summed E-state index contributed by atoms with van der Waals surface area (Å²) in [6.07, 6.45) is 10.2. The Bertz CT molecular complexity index is 409. The summed E-state index contributed by atoms with van der Waals surface area (Å²) >= 11 is 12.0. The molecule has 0 nitrogen and oxygen atoms in total. The molecule has 3 heteroatoms. The minimum Gasteiger partial charge on any atom is -0.275 e. The van der Waals surface area contributed by atoms with Gasteiger partial charge in [-0.15, -0.1) is 63.0 Å². The van der Waals surface area contributed by atoms with E-state index in [1.807, 2.05) is 67.5 Å². The number of hydrogen-bond acceptors (Lipinski definition) is 0. The van der Waals surface area contributed by atoms with Crippen LogP contribution in [-0.2, 0) is 17.4 Å². The Balaban J connectivity index is -0.000000333. The van der Waals surface area contributed by atoms with Crippen LogP contribution < -0.4 is 0 Å². The fourth-order valence-corrected chi connectivity index (χ4v) is 1.97. The monoisotopic (exact) mass is 394 g/mol. The van der Waals surface area contributed by atoms with Crippen molar-refractivity contribution < 1.29 is 17.4 Å². The molecular formula is C20H32Cl2Cr. The smallest absolute Gasteiger partial charge is 0.275 e. The molecule has 0 aromatic rings. The van der Waals surface area contributed by atoms with Crippen LogP contribution in [0.25, 0.3) is 0 Å². The van der Waals surface area contributed by atoms with E-state index >= 15 is 0 Å². The summed E-state index contributed by atoms with van der Waals surface area (Å²) in [5, 5.41) is 0. The summed E-state index contributed by atoms with van der Waals surface area (Å²) in [6, 6.07) is 0. The van der Waals surface area contributed by atoms with Gasteiger partial charge < -0.3 is 0 Å². The molecule has 0 rings (SSSR count). The van der Waals surface area contributed by atoms with E-state index in [0.717, 1.165) is 0 Å². The summed E-state index contributed by atoms with van der Waals surface area (Å²) in [4.78, 5) is -0.496. The Labute approximate surface area is 165 Å². The van der Waals surface area contributed by atoms with E-state index < -0.39 is 0 Å². The SMILES string of the molecule is C[C-]=C(C)C(C)=CC(C)(C)Cl.C[C-]=C(C)C(C)=CC(C)(C)Cl.[Cr+2]. The van der Waals surface area contributed by atoms with E-state index in [9.17, 15) is 0 Å². The van der Waals surface area contributed by atoms with Crippen LogP contribution in [0, 0.1) is 12.2 Å². The van der Waals surface area contributed by atoms with E-state index in [1.165, 1.54) is 22.3 Å². The molecule has 0 aromatic carbocycles. The minimum atomic E-state index is -0.248. The predicted molar refractivity (Wildman–Crippen MR) is 104 cm³/mol. The van der Waals surface area contributed by atoms with Crippen LogP contribution in [0.1, 0.15) is 69.2 Å². The zero-order chi connectivity index (χ0) is 18.1. The average molecular weight is 395 g/mol. The molecule has 0 unspecified atom stereocenters. The second-order valence-corrected chi connectivity index (χ2v) is 8.48. The quantitative estimate of drug-likeness (QED) is 0.264. The zero-order valence-electron chi connectivity index (χ0n) is 16.3. The van der Waals surface area contributed by atoms with Gasteiger partial charge in [0.2, 0.25) is 0 Å². The maximum absolute atomic E-state index is 6.01. The Morgan fingerprint density at radius 3 is 1.04 bits per heavy atom. The molecule has 0 aromatic heterocycles. The first-order valence-corrected chi connectivity index (χ1v) is 8.29. The standard InChI is InChI=1S/2C10H16Cl.Cr/c2*1-6-8(2)9(3)7-10(4,5)11;/h2*7H,1-5H3;/q2*-1;+2. The molecule has 0 amide bonds. The van der Waals surface area contributed by atoms with E-state index in [2.05, 4.69) is 26.0 Å². The van der Waals surface area contributed by atoms with Gasteiger partial charge in [-0.3, -0.25) is 12.2 Å². The summed E-state index contributed by atoms with van der Waals surface area (Å²) in [7, 11) is 0. The molecule has 0 aliphatic carbocycles. The predicted octanol–water partition coefficient (Wildman–Crippen LogP) is 7.44. The first kappa shape index (κ1) is 27.9. The van der Waals surface area contributed by atoms with E-state index in [-0.39, 0.29) is 27.1 Å². The molecule has 0 heterocycles. The van der Waals surface area contributed by atoms with Crippen LogP contribution in [0.3, 0.4) is 0 Å². The number of halogens is 2. The Hall–Kier alpha value is 0.0725. The van der Waals surface area contributed by atoms with Gasteiger partial charge in [0.05, 0.1) is 0 Å². The molecule has 0 aliphatic rings. The molecule has 0 spiro atoms. The topological polar surface area (TPSA) is 0 Å². The van der Waals surface area contributed by atoms with Gasteiger partial charge >= 0.3 is 17.4 Å². The molecule has 0 N–H and O–H groups in total. The second kappa shape index (κ2) is 12.4. The van der Waals surface area contributed by atoms with Crippen molar-refractivity contribution in [2.24, 2.45) is 0 Å². The minimum absolute atomic E-state index is 0. The van der Waals surface area contributed by atoms with Crippen molar-refractivity contribution in [2.45, 2.75) is 79.0 Å². The number of rotatable bonds is 4. The maximum atomic E-state index is 6.01. The van der Waals surface area contributed by atoms with E-state index in [0.29, 0.717) is 0 Å². The first-order valence-electron chi connectivity index (χ1n) is 7.53. The van der Waals surface area contributed by atoms with Crippen LogP contribution in [0.15, 0.2) is 34.4 Å². The van der Waals surface area contributed by atoms with Crippen molar-refractivity contribution in [3.63, 3.8) is 0 Å². The number of alkyl halides is 2. The van der Waals surface area contributed by atoms with Crippen LogP contribution in [0.2, 0.25) is 0 Å². The fourth-order valence-electron chi connectivity index (χ4n) is 1.64. The molecule has 0 radical (unpaired) electrons. The average Bonchev–Trinajstić information content (AvgIpc) is 2.33. The molecule has 0 saturated heterocycles. The van der Waals surface area contributed by atoms with Crippen LogP contribution in [0.4, 0.5) is 0 Å². The fraction of sp³-hybridized carbons (Fsp3) is 0.600. The van der Waals surface area contributed by atoms with Crippen molar-refractivity contribution in [2.75, 3.05) is 0 Å². The molecule has 132 valence electrons. The zero-order valence-corrected chi connectivity index (χ0v) is 19.1. The second-order valence-electron chi connectivity index (χ2n) is 6.53. The molecule has 0 aliphatic heterocycles. The van der Waals surface area contributed by atoms with Crippen molar-refractivity contribution in [1.29, 1.82) is 0 Å². The molecule has 23 heavy (non-hydrogen) atoms. The molecular weight excluding hydrogens is 363 g/mol. The number of hydrogen-bond donors (Lipinski definition) is 0. The third kappa shape index (κ3) is 18.3. The largest absolute Gasteiger partial charge is 2.00 e. The van der Waals surface area contributed by atoms with Crippen molar-refractivity contribution in [3.8, 4) is 0 Å². The third-order valence-electron chi connectivity index (χ3n) is 3.05. The van der Waals surface area contributed by atoms with Crippen molar-refractivity contribution in [3.05, 3.63) is 46.6 Å². The summed E-state index contributed by atoms with van der Waals surface area (Å²) in [5.41, 5.74) is 4.73. The van der Waals surface area contributed by atoms with Crippen molar-refractivity contribution >= 4 is 23.2 Å². The van der Waals surface area contributed by atoms with Gasteiger partial charge in [-0.2, -0.15) is 11.1 Å². The van der Waals surface area contributed by atoms with Gasteiger partial charge in [-0.25, -0.2) is 11.1 Å². The van der Waals surface area contributed by atoms with Crippen molar-refractivity contribution in [1.82, 2.24) is 0 Å². The van der Waals surface area contributed by atoms with Gasteiger partial charge in [0.15, 0.2) is 0 Å². The van der Waals surface area contributed by atoms with Gasteiger partial charge in [-0.1, -0.05) is 13.8 Å². The molecule has 0 bridgehead atoms. The van der Waals surface area contributed by atoms with Gasteiger partial charge in [0.1, 0.15) is 0 Å². The van der Waals surface area contributed by atoms with Crippen LogP contribution in [-0.4, -0.2) is 9.75 Å². The first-order chi connectivity index (χ1) is 9.73. The van der Waals surface area contributed by atoms with Gasteiger partial charge in [-0.05, 0) is 27.7 Å². The third-order valence-corrected chi connectivity index (χ3v) is 3.27. The van der Waals surface area contributed by atoms with Gasteiger partial charge in [0, 0.05) is 9.75 Å². The Morgan fingerprint density at radius 2 is 0.913 bits per heavy atom. The molecule has 0 saturated carbocycles. The Kier molecular flexibility index (Phi) is 15.1. The maximum Gasteiger partial charge on any atom is 2.00 e. The van der Waals surface area contributed by atoms with Gasteiger partial charge in [0.25, 0.3) is 0 Å². The number of allylic oxidation sites excluding steroid dienone is 8. The molecule has 0 fully saturated rings. The van der Waals surface area contributed by atoms with E-state index in [1.54, 1.807) is 0 Å². The van der Waals surface area contributed by atoms with Crippen LogP contribution >= 0.6 is 23.2 Å².